The SMILES string of the molecule is CC[C@H](O)c1ccccc1Oc1cc(F)ccc1[N+](=O)[O-]. The van der Waals surface area contributed by atoms with Crippen LogP contribution in [0.15, 0.2) is 42.5 Å². The normalized spacial score (nSPS) is 12.0. The molecule has 0 saturated heterocycles. The van der Waals surface area contributed by atoms with Crippen LogP contribution in [0.4, 0.5) is 10.1 Å². The lowest BCUT2D eigenvalue weighted by Gasteiger charge is -2.14. The van der Waals surface area contributed by atoms with E-state index in [-0.39, 0.29) is 17.2 Å². The summed E-state index contributed by atoms with van der Waals surface area (Å²) in [5, 5.41) is 20.9. The van der Waals surface area contributed by atoms with Crippen molar-refractivity contribution in [2.24, 2.45) is 0 Å². The molecule has 1 N–H and O–H groups in total. The van der Waals surface area contributed by atoms with Crippen molar-refractivity contribution in [3.63, 3.8) is 0 Å². The summed E-state index contributed by atoms with van der Waals surface area (Å²) in [6, 6.07) is 9.62. The molecule has 0 aliphatic rings. The van der Waals surface area contributed by atoms with Gasteiger partial charge in [0.1, 0.15) is 11.6 Å². The summed E-state index contributed by atoms with van der Waals surface area (Å²) in [5.74, 6) is -0.569. The van der Waals surface area contributed by atoms with Gasteiger partial charge < -0.3 is 9.84 Å². The minimum atomic E-state index is -0.756. The van der Waals surface area contributed by atoms with Crippen molar-refractivity contribution < 1.29 is 19.2 Å². The molecule has 0 spiro atoms. The summed E-state index contributed by atoms with van der Waals surface area (Å²) in [7, 11) is 0. The van der Waals surface area contributed by atoms with Crippen LogP contribution in [-0.2, 0) is 0 Å². The van der Waals surface area contributed by atoms with E-state index in [1.807, 2.05) is 0 Å². The number of para-hydroxylation sites is 1. The van der Waals surface area contributed by atoms with Crippen LogP contribution >= 0.6 is 0 Å². The van der Waals surface area contributed by atoms with E-state index in [1.54, 1.807) is 31.2 Å². The molecular weight excluding hydrogens is 277 g/mol. The zero-order valence-corrected chi connectivity index (χ0v) is 11.3. The van der Waals surface area contributed by atoms with Gasteiger partial charge in [0.05, 0.1) is 11.0 Å². The summed E-state index contributed by atoms with van der Waals surface area (Å²) < 4.78 is 18.8. The van der Waals surface area contributed by atoms with Gasteiger partial charge in [0, 0.05) is 17.7 Å². The van der Waals surface area contributed by atoms with Crippen LogP contribution in [0.5, 0.6) is 11.5 Å². The number of hydrogen-bond donors (Lipinski definition) is 1. The Morgan fingerprint density at radius 3 is 2.67 bits per heavy atom. The van der Waals surface area contributed by atoms with Crippen molar-refractivity contribution in [2.45, 2.75) is 19.4 Å². The molecule has 2 aromatic carbocycles. The zero-order valence-electron chi connectivity index (χ0n) is 11.3. The van der Waals surface area contributed by atoms with E-state index in [2.05, 4.69) is 0 Å². The number of aliphatic hydroxyl groups is 1. The second kappa shape index (κ2) is 6.32. The minimum Gasteiger partial charge on any atom is -0.450 e. The Balaban J connectivity index is 2.43. The Hall–Kier alpha value is -2.47. The first-order valence-electron chi connectivity index (χ1n) is 6.41. The molecular formula is C15H14FNO4. The van der Waals surface area contributed by atoms with Gasteiger partial charge in [-0.25, -0.2) is 4.39 Å². The fourth-order valence-corrected chi connectivity index (χ4v) is 1.91. The van der Waals surface area contributed by atoms with Crippen LogP contribution in [0.1, 0.15) is 25.0 Å². The molecule has 0 radical (unpaired) electrons. The monoisotopic (exact) mass is 291 g/mol. The van der Waals surface area contributed by atoms with E-state index in [9.17, 15) is 19.6 Å². The molecule has 0 aromatic heterocycles. The summed E-state index contributed by atoms with van der Waals surface area (Å²) in [4.78, 5) is 10.3. The molecule has 0 aliphatic heterocycles. The zero-order chi connectivity index (χ0) is 15.4. The average molecular weight is 291 g/mol. The van der Waals surface area contributed by atoms with Gasteiger partial charge in [0.25, 0.3) is 0 Å². The molecule has 0 amide bonds. The van der Waals surface area contributed by atoms with Crippen LogP contribution < -0.4 is 4.74 Å². The van der Waals surface area contributed by atoms with Gasteiger partial charge in [-0.15, -0.1) is 0 Å². The second-order valence-corrected chi connectivity index (χ2v) is 4.43. The third kappa shape index (κ3) is 3.35. The highest BCUT2D eigenvalue weighted by atomic mass is 19.1. The molecule has 0 bridgehead atoms. The number of nitro benzene ring substituents is 1. The van der Waals surface area contributed by atoms with Gasteiger partial charge in [-0.05, 0) is 18.6 Å². The molecule has 5 nitrogen and oxygen atoms in total. The fourth-order valence-electron chi connectivity index (χ4n) is 1.91. The third-order valence-corrected chi connectivity index (χ3v) is 3.00. The van der Waals surface area contributed by atoms with Crippen LogP contribution in [0, 0.1) is 15.9 Å². The first kappa shape index (κ1) is 14.9. The predicted molar refractivity (Wildman–Crippen MR) is 74.8 cm³/mol. The number of rotatable bonds is 5. The topological polar surface area (TPSA) is 72.6 Å². The summed E-state index contributed by atoms with van der Waals surface area (Å²) in [6.07, 6.45) is -0.292. The molecule has 1 atom stereocenters. The first-order chi connectivity index (χ1) is 10.0. The standard InChI is InChI=1S/C15H14FNO4/c1-2-13(18)11-5-3-4-6-14(11)21-15-9-10(16)7-8-12(15)17(19)20/h3-9,13,18H,2H2,1H3/t13-/m0/s1. The Morgan fingerprint density at radius 1 is 1.29 bits per heavy atom. The Kier molecular flexibility index (Phi) is 4.49. The van der Waals surface area contributed by atoms with E-state index in [4.69, 9.17) is 4.74 Å². The van der Waals surface area contributed by atoms with Gasteiger partial charge in [0.15, 0.2) is 0 Å². The van der Waals surface area contributed by atoms with Crippen LogP contribution in [0.2, 0.25) is 0 Å². The largest absolute Gasteiger partial charge is 0.450 e. The summed E-state index contributed by atoms with van der Waals surface area (Å²) >= 11 is 0. The third-order valence-electron chi connectivity index (χ3n) is 3.00. The number of benzene rings is 2. The van der Waals surface area contributed by atoms with Crippen molar-refractivity contribution in [3.05, 3.63) is 64.0 Å². The van der Waals surface area contributed by atoms with Crippen LogP contribution in [0.3, 0.4) is 0 Å². The number of halogens is 1. The van der Waals surface area contributed by atoms with E-state index in [1.165, 1.54) is 0 Å². The molecule has 0 fully saturated rings. The molecule has 110 valence electrons. The quantitative estimate of drug-likeness (QED) is 0.668. The molecule has 0 heterocycles. The summed E-state index contributed by atoms with van der Waals surface area (Å²) in [6.45, 7) is 1.80. The molecule has 0 aliphatic carbocycles. The highest BCUT2D eigenvalue weighted by Crippen LogP contribution is 2.35. The van der Waals surface area contributed by atoms with E-state index in [0.717, 1.165) is 18.2 Å². The molecule has 21 heavy (non-hydrogen) atoms. The number of aliphatic hydroxyl groups excluding tert-OH is 1. The number of nitro groups is 1. The van der Waals surface area contributed by atoms with Crippen molar-refractivity contribution in [3.8, 4) is 11.5 Å². The molecule has 6 heteroatoms. The molecule has 2 aromatic rings. The maximum absolute atomic E-state index is 13.3. The lowest BCUT2D eigenvalue weighted by atomic mass is 10.1. The van der Waals surface area contributed by atoms with Gasteiger partial charge in [-0.1, -0.05) is 25.1 Å². The van der Waals surface area contributed by atoms with Gasteiger partial charge in [-0.2, -0.15) is 0 Å². The number of ether oxygens (including phenoxy) is 1. The Bertz CT molecular complexity index is 660. The van der Waals surface area contributed by atoms with Crippen LogP contribution in [0.25, 0.3) is 0 Å². The maximum atomic E-state index is 13.3. The van der Waals surface area contributed by atoms with Crippen molar-refractivity contribution >= 4 is 5.69 Å². The highest BCUT2D eigenvalue weighted by molar-refractivity contribution is 5.50. The van der Waals surface area contributed by atoms with Crippen molar-refractivity contribution in [2.75, 3.05) is 0 Å². The van der Waals surface area contributed by atoms with E-state index >= 15 is 0 Å². The van der Waals surface area contributed by atoms with Crippen molar-refractivity contribution in [1.29, 1.82) is 0 Å². The minimum absolute atomic E-state index is 0.198. The Labute approximate surface area is 120 Å². The predicted octanol–water partition coefficient (Wildman–Crippen LogP) is 3.97. The number of nitrogens with zero attached hydrogens (tertiary/aromatic N) is 1. The molecule has 2 rings (SSSR count). The van der Waals surface area contributed by atoms with E-state index < -0.39 is 16.8 Å². The molecule has 0 unspecified atom stereocenters. The fraction of sp³-hybridized carbons (Fsp3) is 0.200. The first-order valence-corrected chi connectivity index (χ1v) is 6.41. The lowest BCUT2D eigenvalue weighted by Crippen LogP contribution is -2.00. The second-order valence-electron chi connectivity index (χ2n) is 4.43. The van der Waals surface area contributed by atoms with Crippen LogP contribution in [-0.4, -0.2) is 10.0 Å². The smallest absolute Gasteiger partial charge is 0.311 e. The molecule has 0 saturated carbocycles. The number of hydrogen-bond acceptors (Lipinski definition) is 4. The van der Waals surface area contributed by atoms with Gasteiger partial charge in [0.2, 0.25) is 5.75 Å². The summed E-state index contributed by atoms with van der Waals surface area (Å²) in [5.41, 5.74) is 0.163. The van der Waals surface area contributed by atoms with Gasteiger partial charge in [-0.3, -0.25) is 10.1 Å². The van der Waals surface area contributed by atoms with Crippen molar-refractivity contribution in [1.82, 2.24) is 0 Å². The van der Waals surface area contributed by atoms with E-state index in [0.29, 0.717) is 12.0 Å². The maximum Gasteiger partial charge on any atom is 0.311 e. The van der Waals surface area contributed by atoms with Gasteiger partial charge >= 0.3 is 5.69 Å². The highest BCUT2D eigenvalue weighted by Gasteiger charge is 2.19. The average Bonchev–Trinajstić information content (AvgIpc) is 2.47. The Morgan fingerprint density at radius 2 is 2.00 bits per heavy atom. The lowest BCUT2D eigenvalue weighted by molar-refractivity contribution is -0.385.